The topological polar surface area (TPSA) is 111 Å². The minimum absolute atomic E-state index is 0.0382. The fraction of sp³-hybridized carbons (Fsp3) is 0.364. The second-order valence-electron chi connectivity index (χ2n) is 7.18. The number of likely N-dealkylation sites (tertiary alicyclic amines) is 1. The molecule has 1 aliphatic heterocycles. The van der Waals surface area contributed by atoms with Crippen LogP contribution in [-0.4, -0.2) is 48.4 Å². The number of nitro groups is 1. The van der Waals surface area contributed by atoms with Gasteiger partial charge in [-0.15, -0.1) is 0 Å². The number of nitrogens with zero attached hydrogens (tertiary/aromatic N) is 2. The maximum Gasteiger partial charge on any atom is 0.311 e. The molecule has 2 aromatic carbocycles. The summed E-state index contributed by atoms with van der Waals surface area (Å²) >= 11 is 0. The maximum absolute atomic E-state index is 13.0. The number of hydrogen-bond donors (Lipinski definition) is 1. The van der Waals surface area contributed by atoms with Gasteiger partial charge >= 0.3 is 5.69 Å². The third-order valence-corrected chi connectivity index (χ3v) is 5.04. The quantitative estimate of drug-likeness (QED) is 0.533. The zero-order valence-corrected chi connectivity index (χ0v) is 17.3. The summed E-state index contributed by atoms with van der Waals surface area (Å²) in [6.07, 6.45) is 4.19. The van der Waals surface area contributed by atoms with Crippen LogP contribution in [0.4, 0.5) is 11.4 Å². The van der Waals surface area contributed by atoms with Crippen molar-refractivity contribution in [3.05, 3.63) is 58.1 Å². The van der Waals surface area contributed by atoms with Crippen LogP contribution < -0.4 is 14.8 Å². The molecule has 3 rings (SSSR count). The highest BCUT2D eigenvalue weighted by Gasteiger charge is 2.21. The van der Waals surface area contributed by atoms with Crippen LogP contribution >= 0.6 is 0 Å². The van der Waals surface area contributed by atoms with Gasteiger partial charge in [0.2, 0.25) is 5.75 Å². The summed E-state index contributed by atoms with van der Waals surface area (Å²) in [6.45, 7) is 1.10. The molecule has 0 bridgehead atoms. The van der Waals surface area contributed by atoms with Crippen molar-refractivity contribution in [2.24, 2.45) is 0 Å². The first-order valence-electron chi connectivity index (χ1n) is 10.1. The third kappa shape index (κ3) is 5.71. The Morgan fingerprint density at radius 3 is 2.48 bits per heavy atom. The van der Waals surface area contributed by atoms with Crippen LogP contribution in [0, 0.1) is 10.1 Å². The van der Waals surface area contributed by atoms with Crippen molar-refractivity contribution < 1.29 is 24.0 Å². The number of carbonyl (C=O) groups excluding carboxylic acids is 2. The molecule has 0 unspecified atom stereocenters. The molecule has 1 N–H and O–H groups in total. The molecular weight excluding hydrogens is 402 g/mol. The summed E-state index contributed by atoms with van der Waals surface area (Å²) in [5.41, 5.74) is 0.668. The lowest BCUT2D eigenvalue weighted by Gasteiger charge is -2.22. The van der Waals surface area contributed by atoms with E-state index in [1.807, 2.05) is 4.90 Å². The van der Waals surface area contributed by atoms with Gasteiger partial charge < -0.3 is 19.7 Å². The first-order chi connectivity index (χ1) is 15.0. The summed E-state index contributed by atoms with van der Waals surface area (Å²) < 4.78 is 10.4. The largest absolute Gasteiger partial charge is 0.490 e. The summed E-state index contributed by atoms with van der Waals surface area (Å²) in [5.74, 6) is -0.255. The SMILES string of the molecule is COc1cc(OCC(=O)Nc2ccccc2C(=O)N2CCCCCC2)ccc1[N+](=O)[O-]. The number of anilines is 1. The number of hydrogen-bond acceptors (Lipinski definition) is 6. The van der Waals surface area contributed by atoms with Crippen LogP contribution in [0.15, 0.2) is 42.5 Å². The Labute approximate surface area is 180 Å². The van der Waals surface area contributed by atoms with Crippen LogP contribution in [0.25, 0.3) is 0 Å². The molecule has 0 spiro atoms. The van der Waals surface area contributed by atoms with E-state index in [9.17, 15) is 19.7 Å². The molecular formula is C22H25N3O6. The predicted octanol–water partition coefficient (Wildman–Crippen LogP) is 3.64. The fourth-order valence-corrected chi connectivity index (χ4v) is 3.46. The number of nitrogens with one attached hydrogen (secondary N) is 1. The summed E-state index contributed by atoms with van der Waals surface area (Å²) in [7, 11) is 1.32. The van der Waals surface area contributed by atoms with Gasteiger partial charge in [0.1, 0.15) is 5.75 Å². The Hall–Kier alpha value is -3.62. The molecule has 0 aliphatic carbocycles. The lowest BCUT2D eigenvalue weighted by atomic mass is 10.1. The van der Waals surface area contributed by atoms with Crippen LogP contribution in [0.5, 0.6) is 11.5 Å². The average Bonchev–Trinajstić information content (AvgIpc) is 3.07. The van der Waals surface area contributed by atoms with Gasteiger partial charge in [-0.3, -0.25) is 19.7 Å². The number of amides is 2. The normalized spacial score (nSPS) is 13.8. The second kappa shape index (κ2) is 10.4. The average molecular weight is 427 g/mol. The molecule has 164 valence electrons. The zero-order chi connectivity index (χ0) is 22.2. The standard InChI is InChI=1S/C22H25N3O6/c1-30-20-14-16(10-11-19(20)25(28)29)31-15-21(26)23-18-9-5-4-8-17(18)22(27)24-12-6-2-3-7-13-24/h4-5,8-11,14H,2-3,6-7,12-13,15H2,1H3,(H,23,26). The van der Waals surface area contributed by atoms with E-state index < -0.39 is 10.8 Å². The van der Waals surface area contributed by atoms with Gasteiger partial charge in [0.05, 0.1) is 23.3 Å². The van der Waals surface area contributed by atoms with E-state index in [0.29, 0.717) is 24.3 Å². The van der Waals surface area contributed by atoms with Crippen molar-refractivity contribution in [1.82, 2.24) is 4.90 Å². The fourth-order valence-electron chi connectivity index (χ4n) is 3.46. The Morgan fingerprint density at radius 1 is 1.10 bits per heavy atom. The highest BCUT2D eigenvalue weighted by molar-refractivity contribution is 6.04. The van der Waals surface area contributed by atoms with Gasteiger partial charge in [-0.05, 0) is 31.0 Å². The minimum Gasteiger partial charge on any atom is -0.490 e. The molecule has 2 amide bonds. The Morgan fingerprint density at radius 2 is 1.81 bits per heavy atom. The Balaban J connectivity index is 1.65. The van der Waals surface area contributed by atoms with E-state index in [-0.39, 0.29) is 29.7 Å². The summed E-state index contributed by atoms with van der Waals surface area (Å²) in [5, 5.41) is 13.7. The lowest BCUT2D eigenvalue weighted by molar-refractivity contribution is -0.385. The molecule has 0 atom stereocenters. The Kier molecular flexibility index (Phi) is 7.42. The van der Waals surface area contributed by atoms with Gasteiger partial charge in [0.15, 0.2) is 6.61 Å². The smallest absolute Gasteiger partial charge is 0.311 e. The van der Waals surface area contributed by atoms with Gasteiger partial charge in [-0.1, -0.05) is 25.0 Å². The van der Waals surface area contributed by atoms with E-state index in [1.165, 1.54) is 25.3 Å². The highest BCUT2D eigenvalue weighted by atomic mass is 16.6. The predicted molar refractivity (Wildman–Crippen MR) is 115 cm³/mol. The Bertz CT molecular complexity index is 954. The van der Waals surface area contributed by atoms with Gasteiger partial charge in [0, 0.05) is 25.2 Å². The number of para-hydroxylation sites is 1. The van der Waals surface area contributed by atoms with E-state index in [1.54, 1.807) is 24.3 Å². The van der Waals surface area contributed by atoms with Gasteiger partial charge in [0.25, 0.3) is 11.8 Å². The minimum atomic E-state index is -0.562. The monoisotopic (exact) mass is 427 g/mol. The molecule has 0 aromatic heterocycles. The van der Waals surface area contributed by atoms with E-state index in [2.05, 4.69) is 5.32 Å². The van der Waals surface area contributed by atoms with Crippen molar-refractivity contribution >= 4 is 23.2 Å². The number of carbonyl (C=O) groups is 2. The van der Waals surface area contributed by atoms with E-state index in [4.69, 9.17) is 9.47 Å². The van der Waals surface area contributed by atoms with Crippen LogP contribution in [0.3, 0.4) is 0 Å². The van der Waals surface area contributed by atoms with Crippen molar-refractivity contribution in [2.75, 3.05) is 32.1 Å². The zero-order valence-electron chi connectivity index (χ0n) is 17.3. The number of methoxy groups -OCH3 is 1. The van der Waals surface area contributed by atoms with Crippen LogP contribution in [0.2, 0.25) is 0 Å². The number of benzene rings is 2. The van der Waals surface area contributed by atoms with Crippen LogP contribution in [-0.2, 0) is 4.79 Å². The molecule has 9 heteroatoms. The van der Waals surface area contributed by atoms with Crippen molar-refractivity contribution in [3.63, 3.8) is 0 Å². The molecule has 0 saturated carbocycles. The molecule has 2 aromatic rings. The van der Waals surface area contributed by atoms with Gasteiger partial charge in [-0.2, -0.15) is 0 Å². The first kappa shape index (κ1) is 22.1. The van der Waals surface area contributed by atoms with Crippen molar-refractivity contribution in [2.45, 2.75) is 25.7 Å². The number of rotatable bonds is 7. The lowest BCUT2D eigenvalue weighted by Crippen LogP contribution is -2.33. The van der Waals surface area contributed by atoms with E-state index in [0.717, 1.165) is 25.7 Å². The molecule has 1 aliphatic rings. The van der Waals surface area contributed by atoms with Crippen molar-refractivity contribution in [1.29, 1.82) is 0 Å². The second-order valence-corrected chi connectivity index (χ2v) is 7.18. The van der Waals surface area contributed by atoms with Crippen molar-refractivity contribution in [3.8, 4) is 11.5 Å². The number of ether oxygens (including phenoxy) is 2. The molecule has 1 heterocycles. The van der Waals surface area contributed by atoms with Crippen LogP contribution in [0.1, 0.15) is 36.0 Å². The molecule has 0 radical (unpaired) electrons. The molecule has 9 nitrogen and oxygen atoms in total. The number of nitro benzene ring substituents is 1. The van der Waals surface area contributed by atoms with Gasteiger partial charge in [-0.25, -0.2) is 0 Å². The highest BCUT2D eigenvalue weighted by Crippen LogP contribution is 2.30. The molecule has 1 fully saturated rings. The molecule has 1 saturated heterocycles. The van der Waals surface area contributed by atoms with E-state index >= 15 is 0 Å². The third-order valence-electron chi connectivity index (χ3n) is 5.04. The summed E-state index contributed by atoms with van der Waals surface area (Å²) in [6, 6.07) is 10.9. The maximum atomic E-state index is 13.0. The summed E-state index contributed by atoms with van der Waals surface area (Å²) in [4.78, 5) is 37.6. The first-order valence-corrected chi connectivity index (χ1v) is 10.1. The molecule has 31 heavy (non-hydrogen) atoms.